The quantitative estimate of drug-likeness (QED) is 0.205. The van der Waals surface area contributed by atoms with E-state index in [4.69, 9.17) is 9.97 Å². The average molecular weight is 555 g/mol. The van der Waals surface area contributed by atoms with Crippen molar-refractivity contribution in [3.05, 3.63) is 108 Å². The van der Waals surface area contributed by atoms with Gasteiger partial charge in [0.05, 0.1) is 22.2 Å². The summed E-state index contributed by atoms with van der Waals surface area (Å²) in [5.41, 5.74) is 0.979. The van der Waals surface area contributed by atoms with Crippen molar-refractivity contribution in [3.8, 4) is 22.8 Å². The van der Waals surface area contributed by atoms with E-state index >= 15 is 0 Å². The van der Waals surface area contributed by atoms with Gasteiger partial charge in [0, 0.05) is 23.5 Å². The summed E-state index contributed by atoms with van der Waals surface area (Å²) in [6.07, 6.45) is -5.33. The molecule has 0 atom stereocenters. The molecule has 6 aromatic rings. The van der Waals surface area contributed by atoms with Gasteiger partial charge in [-0.3, -0.25) is 8.80 Å². The topological polar surface area (TPSA) is 34.6 Å². The van der Waals surface area contributed by atoms with E-state index in [0.29, 0.717) is 32.8 Å². The van der Waals surface area contributed by atoms with Gasteiger partial charge in [-0.05, 0) is 60.3 Å². The van der Waals surface area contributed by atoms with Crippen molar-refractivity contribution < 1.29 is 26.3 Å². The number of rotatable bonds is 4. The van der Waals surface area contributed by atoms with Crippen LogP contribution in [-0.2, 0) is 12.4 Å². The van der Waals surface area contributed by atoms with E-state index in [-0.39, 0.29) is 0 Å². The second-order valence-electron chi connectivity index (χ2n) is 8.65. The molecule has 0 unspecified atom stereocenters. The zero-order valence-electron chi connectivity index (χ0n) is 19.7. The molecule has 11 heteroatoms. The number of halogens is 6. The van der Waals surface area contributed by atoms with Crippen LogP contribution in [0.25, 0.3) is 33.8 Å². The largest absolute Gasteiger partial charge is 0.416 e. The highest BCUT2D eigenvalue weighted by molar-refractivity contribution is 7.99. The molecule has 4 heterocycles. The molecule has 0 aliphatic rings. The molecular weight excluding hydrogens is 538 g/mol. The summed E-state index contributed by atoms with van der Waals surface area (Å²) in [6.45, 7) is 0. The molecule has 4 aromatic heterocycles. The first kappa shape index (κ1) is 25.1. The monoisotopic (exact) mass is 554 g/mol. The molecule has 0 radical (unpaired) electrons. The SMILES string of the molecule is FC(F)(F)c1ccc(-c2nc(Sc3nc(-c4ccc(C(F)(F)F)cc4)n4ccccc34)c3ccccn23)cc1. The lowest BCUT2D eigenvalue weighted by Gasteiger charge is -2.07. The Kier molecular flexibility index (Phi) is 5.91. The molecule has 0 saturated heterocycles. The van der Waals surface area contributed by atoms with Crippen LogP contribution in [0.15, 0.2) is 107 Å². The van der Waals surface area contributed by atoms with Crippen LogP contribution >= 0.6 is 11.8 Å². The fourth-order valence-corrected chi connectivity index (χ4v) is 5.27. The molecule has 0 saturated carbocycles. The van der Waals surface area contributed by atoms with Gasteiger partial charge in [-0.2, -0.15) is 26.3 Å². The average Bonchev–Trinajstić information content (AvgIpc) is 3.47. The first-order valence-electron chi connectivity index (χ1n) is 11.6. The number of imidazole rings is 2. The molecule has 0 fully saturated rings. The van der Waals surface area contributed by atoms with Gasteiger partial charge < -0.3 is 0 Å². The van der Waals surface area contributed by atoms with Crippen molar-refractivity contribution in [3.63, 3.8) is 0 Å². The third-order valence-electron chi connectivity index (χ3n) is 6.16. The predicted octanol–water partition coefficient (Wildman–Crippen LogP) is 8.50. The van der Waals surface area contributed by atoms with Crippen LogP contribution < -0.4 is 0 Å². The third kappa shape index (κ3) is 4.63. The summed E-state index contributed by atoms with van der Waals surface area (Å²) >= 11 is 1.27. The number of pyridine rings is 2. The van der Waals surface area contributed by atoms with E-state index in [9.17, 15) is 26.3 Å². The lowest BCUT2D eigenvalue weighted by molar-refractivity contribution is -0.138. The van der Waals surface area contributed by atoms with Crippen LogP contribution in [0.2, 0.25) is 0 Å². The summed E-state index contributed by atoms with van der Waals surface area (Å²) in [5, 5.41) is 1.15. The maximum Gasteiger partial charge on any atom is 0.416 e. The molecule has 0 bridgehead atoms. The van der Waals surface area contributed by atoms with Gasteiger partial charge in [0.1, 0.15) is 21.7 Å². The Hall–Kier alpha value is -4.25. The zero-order chi connectivity index (χ0) is 27.4. The van der Waals surface area contributed by atoms with Crippen LogP contribution in [0, 0.1) is 0 Å². The van der Waals surface area contributed by atoms with Crippen molar-refractivity contribution in [2.24, 2.45) is 0 Å². The summed E-state index contributed by atoms with van der Waals surface area (Å²) in [6, 6.07) is 20.6. The van der Waals surface area contributed by atoms with E-state index in [0.717, 1.165) is 35.3 Å². The van der Waals surface area contributed by atoms with Gasteiger partial charge in [0.25, 0.3) is 0 Å². The molecule has 2 aromatic carbocycles. The first-order chi connectivity index (χ1) is 18.6. The minimum Gasteiger partial charge on any atom is -0.299 e. The lowest BCUT2D eigenvalue weighted by Crippen LogP contribution is -2.04. The molecule has 196 valence electrons. The number of aromatic nitrogens is 4. The summed E-state index contributed by atoms with van der Waals surface area (Å²) in [5.74, 6) is 0.932. The van der Waals surface area contributed by atoms with Gasteiger partial charge in [-0.15, -0.1) is 0 Å². The molecule has 0 aliphatic heterocycles. The van der Waals surface area contributed by atoms with E-state index < -0.39 is 23.5 Å². The minimum absolute atomic E-state index is 0.466. The van der Waals surface area contributed by atoms with Gasteiger partial charge in [-0.25, -0.2) is 9.97 Å². The van der Waals surface area contributed by atoms with Crippen LogP contribution in [0.5, 0.6) is 0 Å². The molecule has 0 N–H and O–H groups in total. The fourth-order valence-electron chi connectivity index (χ4n) is 4.28. The van der Waals surface area contributed by atoms with E-state index in [2.05, 4.69) is 0 Å². The maximum atomic E-state index is 13.1. The van der Waals surface area contributed by atoms with Crippen LogP contribution in [0.4, 0.5) is 26.3 Å². The van der Waals surface area contributed by atoms with Crippen molar-refractivity contribution in [2.45, 2.75) is 22.4 Å². The lowest BCUT2D eigenvalue weighted by atomic mass is 10.1. The molecule has 6 rings (SSSR count). The standard InChI is InChI=1S/C28H16F6N4S/c29-27(30,31)19-11-7-17(8-12-19)23-35-25(21-5-1-3-15-37(21)23)39-26-22-6-2-4-16-38(22)24(36-26)18-9-13-20(14-10-18)28(32,33)34/h1-16H. The Morgan fingerprint density at radius 1 is 0.513 bits per heavy atom. The predicted molar refractivity (Wildman–Crippen MR) is 135 cm³/mol. The highest BCUT2D eigenvalue weighted by Gasteiger charge is 2.31. The second-order valence-corrected chi connectivity index (χ2v) is 9.62. The zero-order valence-corrected chi connectivity index (χ0v) is 20.5. The number of hydrogen-bond acceptors (Lipinski definition) is 3. The fraction of sp³-hybridized carbons (Fsp3) is 0.0714. The Morgan fingerprint density at radius 2 is 0.897 bits per heavy atom. The third-order valence-corrected chi connectivity index (χ3v) is 7.15. The van der Waals surface area contributed by atoms with Crippen molar-refractivity contribution in [1.82, 2.24) is 18.8 Å². The van der Waals surface area contributed by atoms with Crippen molar-refractivity contribution in [1.29, 1.82) is 0 Å². The number of nitrogens with zero attached hydrogens (tertiary/aromatic N) is 4. The van der Waals surface area contributed by atoms with E-state index in [1.807, 2.05) is 24.3 Å². The van der Waals surface area contributed by atoms with Crippen LogP contribution in [0.3, 0.4) is 0 Å². The highest BCUT2D eigenvalue weighted by atomic mass is 32.2. The van der Waals surface area contributed by atoms with Crippen molar-refractivity contribution in [2.75, 3.05) is 0 Å². The number of alkyl halides is 6. The normalized spacial score (nSPS) is 12.5. The van der Waals surface area contributed by atoms with Gasteiger partial charge in [-0.1, -0.05) is 36.4 Å². The summed E-state index contributed by atoms with van der Waals surface area (Å²) in [4.78, 5) is 9.49. The van der Waals surface area contributed by atoms with Crippen LogP contribution in [0.1, 0.15) is 11.1 Å². The molecule has 0 spiro atoms. The highest BCUT2D eigenvalue weighted by Crippen LogP contribution is 2.38. The molecule has 4 nitrogen and oxygen atoms in total. The van der Waals surface area contributed by atoms with E-state index in [1.54, 1.807) is 33.3 Å². The van der Waals surface area contributed by atoms with Crippen LogP contribution in [-0.4, -0.2) is 18.8 Å². The van der Waals surface area contributed by atoms with Gasteiger partial charge in [0.15, 0.2) is 0 Å². The Balaban J connectivity index is 1.42. The maximum absolute atomic E-state index is 13.1. The molecular formula is C28H16F6N4S. The molecule has 39 heavy (non-hydrogen) atoms. The van der Waals surface area contributed by atoms with Gasteiger partial charge in [0.2, 0.25) is 0 Å². The van der Waals surface area contributed by atoms with E-state index in [1.165, 1.54) is 36.0 Å². The summed E-state index contributed by atoms with van der Waals surface area (Å²) < 4.78 is 82.0. The molecule has 0 aliphatic carbocycles. The smallest absolute Gasteiger partial charge is 0.299 e. The molecule has 0 amide bonds. The number of hydrogen-bond donors (Lipinski definition) is 0. The number of fused-ring (bicyclic) bond motifs is 2. The first-order valence-corrected chi connectivity index (χ1v) is 12.4. The second kappa shape index (κ2) is 9.19. The Labute approximate surface area is 221 Å². The summed E-state index contributed by atoms with van der Waals surface area (Å²) in [7, 11) is 0. The Morgan fingerprint density at radius 3 is 1.26 bits per heavy atom. The minimum atomic E-state index is -4.44. The number of benzene rings is 2. The van der Waals surface area contributed by atoms with Crippen molar-refractivity contribution >= 4 is 22.8 Å². The van der Waals surface area contributed by atoms with Gasteiger partial charge >= 0.3 is 12.4 Å². The Bertz CT molecular complexity index is 1670.